The van der Waals surface area contributed by atoms with Gasteiger partial charge in [-0.2, -0.15) is 9.97 Å². The topological polar surface area (TPSA) is 63.6 Å². The lowest BCUT2D eigenvalue weighted by molar-refractivity contribution is 0.107. The molecule has 0 unspecified atom stereocenters. The van der Waals surface area contributed by atoms with E-state index in [1.165, 1.54) is 12.3 Å². The molecule has 12 heteroatoms. The zero-order chi connectivity index (χ0) is 39.9. The minimum Gasteiger partial charge on any atom is -0.461 e. The van der Waals surface area contributed by atoms with E-state index >= 15 is 13.2 Å². The zero-order valence-electron chi connectivity index (χ0n) is 33.7. The number of hydrogen-bond donors (Lipinski definition) is 0. The zero-order valence-corrected chi connectivity index (χ0v) is 32.7. The minimum absolute atomic E-state index is 0.0579. The van der Waals surface area contributed by atoms with Gasteiger partial charge in [-0.05, 0) is 47.5 Å². The number of alkyl halides is 2. The maximum absolute atomic E-state index is 17.4. The number of fused-ring (bicyclic) bond motifs is 4. The van der Waals surface area contributed by atoms with Crippen LogP contribution in [0.5, 0.6) is 6.01 Å². The maximum atomic E-state index is 17.4. The lowest BCUT2D eigenvalue weighted by Gasteiger charge is -2.38. The van der Waals surface area contributed by atoms with E-state index < -0.39 is 62.1 Å². The highest BCUT2D eigenvalue weighted by Crippen LogP contribution is 2.46. The lowest BCUT2D eigenvalue weighted by atomic mass is 9.95. The largest absolute Gasteiger partial charge is 0.461 e. The molecule has 286 valence electrons. The van der Waals surface area contributed by atoms with Gasteiger partial charge < -0.3 is 14.4 Å². The summed E-state index contributed by atoms with van der Waals surface area (Å²) in [4.78, 5) is 17.2. The third-order valence-corrected chi connectivity index (χ3v) is 18.8. The molecule has 5 atom stereocenters. The molecular weight excluding hydrogens is 711 g/mol. The van der Waals surface area contributed by atoms with Crippen LogP contribution in [0.3, 0.4) is 0 Å². The van der Waals surface area contributed by atoms with E-state index in [0.29, 0.717) is 52.3 Å². The first-order valence-electron chi connectivity index (χ1n) is 20.3. The van der Waals surface area contributed by atoms with Crippen molar-refractivity contribution >= 4 is 35.6 Å². The average molecular weight is 762 g/mol. The standard InChI is InChI=1S/C42H49F4N5O2Si/c1-24(2)54(25(3)4,26(5)6)18-13-29-33(44)12-11-27-9-7-10-30(34(27)29)37-36(46)38-31(20-47-37)40(51-16-17-52-22-32-35(45)39(32)51)49-41(48-38)53-23-42-14-8-15-50(42)21-28(43)19-42/h7,9-12,20,24-26,28,32,35,39H,8,14-17,19,21-23H2,1-6H3/t28-,32+,35+,39+,42+/m1/s1/i23D2. The van der Waals surface area contributed by atoms with E-state index in [9.17, 15) is 4.39 Å². The Balaban J connectivity index is 1.31. The number of nitrogens with zero attached hydrogens (tertiary/aromatic N) is 5. The van der Waals surface area contributed by atoms with Crippen LogP contribution >= 0.6 is 0 Å². The van der Waals surface area contributed by atoms with Gasteiger partial charge in [0.25, 0.3) is 0 Å². The van der Waals surface area contributed by atoms with Crippen molar-refractivity contribution in [1.82, 2.24) is 19.9 Å². The van der Waals surface area contributed by atoms with Crippen LogP contribution in [-0.4, -0.2) is 91.3 Å². The molecule has 0 radical (unpaired) electrons. The fourth-order valence-corrected chi connectivity index (χ4v) is 15.0. The molecule has 2 aromatic carbocycles. The fourth-order valence-electron chi connectivity index (χ4n) is 9.84. The summed E-state index contributed by atoms with van der Waals surface area (Å²) in [6.45, 7) is 12.0. The smallest absolute Gasteiger partial charge is 0.319 e. The first kappa shape index (κ1) is 34.7. The van der Waals surface area contributed by atoms with Crippen LogP contribution in [0.25, 0.3) is 32.9 Å². The van der Waals surface area contributed by atoms with E-state index in [0.717, 1.165) is 0 Å². The van der Waals surface area contributed by atoms with Crippen LogP contribution in [0.2, 0.25) is 16.6 Å². The molecule has 7 nitrogen and oxygen atoms in total. The van der Waals surface area contributed by atoms with Crippen molar-refractivity contribution in [3.63, 3.8) is 0 Å². The summed E-state index contributed by atoms with van der Waals surface area (Å²) in [7, 11) is -2.29. The highest BCUT2D eigenvalue weighted by molar-refractivity contribution is 6.90. The van der Waals surface area contributed by atoms with Crippen molar-refractivity contribution in [2.75, 3.05) is 44.3 Å². The van der Waals surface area contributed by atoms with Crippen molar-refractivity contribution in [2.45, 2.75) is 101 Å². The molecule has 2 aromatic heterocycles. The van der Waals surface area contributed by atoms with Crippen LogP contribution in [0.1, 0.15) is 69.1 Å². The molecule has 0 amide bonds. The fraction of sp³-hybridized carbons (Fsp3) is 0.548. The molecular formula is C42H49F4N5O2Si. The van der Waals surface area contributed by atoms with Crippen LogP contribution in [-0.2, 0) is 4.74 Å². The van der Waals surface area contributed by atoms with Gasteiger partial charge in [-0.15, -0.1) is 5.54 Å². The molecule has 54 heavy (non-hydrogen) atoms. The number of benzene rings is 2. The number of halogens is 4. The van der Waals surface area contributed by atoms with Gasteiger partial charge in [-0.1, -0.05) is 71.7 Å². The van der Waals surface area contributed by atoms with Crippen LogP contribution in [0.15, 0.2) is 36.5 Å². The molecule has 0 spiro atoms. The van der Waals surface area contributed by atoms with Crippen molar-refractivity contribution in [3.05, 3.63) is 53.7 Å². The minimum atomic E-state index is -2.45. The summed E-state index contributed by atoms with van der Waals surface area (Å²) in [6.07, 6.45) is -0.00910. The summed E-state index contributed by atoms with van der Waals surface area (Å²) in [5.74, 6) is 1.63. The molecule has 4 fully saturated rings. The van der Waals surface area contributed by atoms with E-state index in [4.69, 9.17) is 12.2 Å². The van der Waals surface area contributed by atoms with Crippen molar-refractivity contribution < 1.29 is 29.8 Å². The molecule has 0 bridgehead atoms. The first-order chi connectivity index (χ1) is 26.6. The number of aromatic nitrogens is 3. The molecule has 3 saturated heterocycles. The van der Waals surface area contributed by atoms with E-state index in [2.05, 4.69) is 68.0 Å². The first-order valence-corrected chi connectivity index (χ1v) is 21.5. The molecule has 5 heterocycles. The Morgan fingerprint density at radius 3 is 2.59 bits per heavy atom. The highest BCUT2D eigenvalue weighted by atomic mass is 28.3. The Labute approximate surface area is 318 Å². The van der Waals surface area contributed by atoms with Gasteiger partial charge in [0.15, 0.2) is 5.82 Å². The number of hydrogen-bond acceptors (Lipinski definition) is 7. The Bertz CT molecular complexity index is 2230. The molecule has 1 aliphatic carbocycles. The SMILES string of the molecule is [2H]C([2H])(Oc1nc(N2CCOC[C@H]3[C@H](F)[C@H]32)c2cnc(-c3cccc4ccc(F)c(C#C[Si](C(C)C)(C(C)C)C(C)C)c34)c(F)c2n1)[C@@]12CCCN1C[C@H](F)C2. The Morgan fingerprint density at radius 2 is 1.83 bits per heavy atom. The van der Waals surface area contributed by atoms with Gasteiger partial charge in [0.2, 0.25) is 0 Å². The van der Waals surface area contributed by atoms with Gasteiger partial charge >= 0.3 is 6.01 Å². The summed E-state index contributed by atoms with van der Waals surface area (Å²) < 4.78 is 93.4. The van der Waals surface area contributed by atoms with Gasteiger partial charge in [0.1, 0.15) is 49.8 Å². The lowest BCUT2D eigenvalue weighted by Crippen LogP contribution is -2.43. The number of rotatable bonds is 8. The van der Waals surface area contributed by atoms with Crippen molar-refractivity contribution in [2.24, 2.45) is 5.92 Å². The van der Waals surface area contributed by atoms with E-state index in [1.54, 1.807) is 28.0 Å². The van der Waals surface area contributed by atoms with Gasteiger partial charge in [-0.25, -0.2) is 17.6 Å². The molecule has 0 N–H and O–H groups in total. The van der Waals surface area contributed by atoms with Crippen molar-refractivity contribution in [3.8, 4) is 28.7 Å². The third-order valence-electron chi connectivity index (χ3n) is 12.5. The van der Waals surface area contributed by atoms with Crippen LogP contribution in [0.4, 0.5) is 23.4 Å². The number of ether oxygens (including phenoxy) is 2. The number of anilines is 1. The van der Waals surface area contributed by atoms with E-state index in [-0.39, 0.29) is 60.7 Å². The Kier molecular flexibility index (Phi) is 9.02. The van der Waals surface area contributed by atoms with Crippen LogP contribution < -0.4 is 9.64 Å². The normalized spacial score (nSPS) is 26.5. The Morgan fingerprint density at radius 1 is 1.06 bits per heavy atom. The summed E-state index contributed by atoms with van der Waals surface area (Å²) in [5.41, 5.74) is 3.44. The van der Waals surface area contributed by atoms with Crippen LogP contribution in [0, 0.1) is 29.0 Å². The van der Waals surface area contributed by atoms with Gasteiger partial charge in [-0.3, -0.25) is 9.88 Å². The quantitative estimate of drug-likeness (QED) is 0.101. The molecule has 1 saturated carbocycles. The maximum Gasteiger partial charge on any atom is 0.319 e. The third kappa shape index (κ3) is 6.05. The second-order valence-corrected chi connectivity index (χ2v) is 22.0. The average Bonchev–Trinajstić information content (AvgIpc) is 3.50. The predicted molar refractivity (Wildman–Crippen MR) is 207 cm³/mol. The monoisotopic (exact) mass is 761 g/mol. The second kappa shape index (κ2) is 14.1. The van der Waals surface area contributed by atoms with E-state index in [1.807, 2.05) is 6.07 Å². The highest BCUT2D eigenvalue weighted by Gasteiger charge is 2.56. The summed E-state index contributed by atoms with van der Waals surface area (Å²) in [6, 6.07) is 7.23. The Hall–Kier alpha value is -3.79. The van der Waals surface area contributed by atoms with Gasteiger partial charge in [0.05, 0.1) is 38.5 Å². The molecule has 3 aliphatic heterocycles. The van der Waals surface area contributed by atoms with Crippen molar-refractivity contribution in [1.29, 1.82) is 0 Å². The summed E-state index contributed by atoms with van der Waals surface area (Å²) >= 11 is 0. The second-order valence-electron chi connectivity index (χ2n) is 16.4. The molecule has 8 rings (SSSR count). The molecule has 4 aromatic rings. The number of pyridine rings is 1. The molecule has 4 aliphatic rings. The predicted octanol–water partition coefficient (Wildman–Crippen LogP) is 8.82. The van der Waals surface area contributed by atoms with Gasteiger partial charge in [0, 0.05) is 42.6 Å². The summed E-state index contributed by atoms with van der Waals surface area (Å²) in [5, 5.41) is 1.25.